The molecular formula is C17H28O. The quantitative estimate of drug-likeness (QED) is 0.643. The molecule has 0 heterocycles. The number of hydrogen-bond donors (Lipinski definition) is 0. The molecule has 0 saturated carbocycles. The van der Waals surface area contributed by atoms with Gasteiger partial charge in [0.25, 0.3) is 0 Å². The first-order chi connectivity index (χ1) is 7.95. The van der Waals surface area contributed by atoms with Gasteiger partial charge in [-0.3, -0.25) is 4.79 Å². The zero-order valence-electron chi connectivity index (χ0n) is 13.3. The third-order valence-electron chi connectivity index (χ3n) is 4.20. The Morgan fingerprint density at radius 1 is 1.11 bits per heavy atom. The van der Waals surface area contributed by atoms with Gasteiger partial charge in [-0.05, 0) is 24.2 Å². The molecule has 1 heteroatoms. The third kappa shape index (κ3) is 2.32. The van der Waals surface area contributed by atoms with E-state index in [1.54, 1.807) is 0 Å². The Labute approximate surface area is 112 Å². The third-order valence-corrected chi connectivity index (χ3v) is 4.20. The number of carbonyl (C=O) groups excluding carboxylic acids is 1. The van der Waals surface area contributed by atoms with Gasteiger partial charge in [-0.25, -0.2) is 0 Å². The summed E-state index contributed by atoms with van der Waals surface area (Å²) in [6.07, 6.45) is 5.12. The fourth-order valence-corrected chi connectivity index (χ4v) is 2.94. The summed E-state index contributed by atoms with van der Waals surface area (Å²) in [7, 11) is 0. The molecule has 0 spiro atoms. The van der Waals surface area contributed by atoms with E-state index >= 15 is 0 Å². The van der Waals surface area contributed by atoms with Crippen molar-refractivity contribution in [3.05, 3.63) is 23.3 Å². The van der Waals surface area contributed by atoms with Crippen LogP contribution in [0.3, 0.4) is 0 Å². The normalized spacial score (nSPS) is 25.9. The number of hydrogen-bond acceptors (Lipinski definition) is 1. The van der Waals surface area contributed by atoms with Crippen LogP contribution in [0.4, 0.5) is 0 Å². The lowest BCUT2D eigenvalue weighted by atomic mass is 9.57. The Bertz CT molecular complexity index is 410. The van der Waals surface area contributed by atoms with Gasteiger partial charge in [0.05, 0.1) is 5.41 Å². The second-order valence-electron chi connectivity index (χ2n) is 7.60. The van der Waals surface area contributed by atoms with Crippen molar-refractivity contribution < 1.29 is 4.79 Å². The summed E-state index contributed by atoms with van der Waals surface area (Å²) in [4.78, 5) is 13.0. The number of allylic oxidation sites excluding steroid dienone is 4. The van der Waals surface area contributed by atoms with E-state index in [-0.39, 0.29) is 16.2 Å². The molecule has 18 heavy (non-hydrogen) atoms. The maximum absolute atomic E-state index is 13.0. The molecule has 102 valence electrons. The van der Waals surface area contributed by atoms with Crippen molar-refractivity contribution >= 4 is 5.78 Å². The minimum Gasteiger partial charge on any atom is -0.294 e. The molecule has 0 bridgehead atoms. The van der Waals surface area contributed by atoms with E-state index in [1.807, 2.05) is 0 Å². The smallest absolute Gasteiger partial charge is 0.169 e. The Morgan fingerprint density at radius 2 is 1.61 bits per heavy atom. The molecule has 0 aliphatic heterocycles. The van der Waals surface area contributed by atoms with Gasteiger partial charge in [0.2, 0.25) is 0 Å². The van der Waals surface area contributed by atoms with Gasteiger partial charge in [0.15, 0.2) is 5.78 Å². The second kappa shape index (κ2) is 4.36. The van der Waals surface area contributed by atoms with Crippen LogP contribution < -0.4 is 0 Å². The maximum Gasteiger partial charge on any atom is 0.169 e. The van der Waals surface area contributed by atoms with E-state index in [2.05, 4.69) is 67.5 Å². The summed E-state index contributed by atoms with van der Waals surface area (Å²) in [5, 5.41) is 0. The van der Waals surface area contributed by atoms with Crippen molar-refractivity contribution in [3.63, 3.8) is 0 Å². The van der Waals surface area contributed by atoms with E-state index in [4.69, 9.17) is 0 Å². The van der Waals surface area contributed by atoms with Crippen molar-refractivity contribution in [3.8, 4) is 0 Å². The van der Waals surface area contributed by atoms with Crippen LogP contribution in [0, 0.1) is 16.2 Å². The lowest BCUT2D eigenvalue weighted by molar-refractivity contribution is -0.128. The van der Waals surface area contributed by atoms with E-state index in [1.165, 1.54) is 5.57 Å². The fraction of sp³-hybridized carbons (Fsp3) is 0.706. The van der Waals surface area contributed by atoms with Crippen molar-refractivity contribution in [2.75, 3.05) is 0 Å². The van der Waals surface area contributed by atoms with Crippen LogP contribution in [-0.2, 0) is 4.79 Å². The summed E-state index contributed by atoms with van der Waals surface area (Å²) in [5.74, 6) is 0.315. The van der Waals surface area contributed by atoms with Crippen LogP contribution in [-0.4, -0.2) is 5.78 Å². The molecule has 0 amide bonds. The highest BCUT2D eigenvalue weighted by Gasteiger charge is 2.49. The number of Topliss-reactive ketones (excluding diaryl/α,β-unsaturated/α-hetero) is 1. The molecule has 0 radical (unpaired) electrons. The Balaban J connectivity index is 3.45. The first-order valence-electron chi connectivity index (χ1n) is 6.92. The van der Waals surface area contributed by atoms with E-state index in [0.29, 0.717) is 5.78 Å². The van der Waals surface area contributed by atoms with Gasteiger partial charge < -0.3 is 0 Å². The standard InChI is InChI=1S/C17H28O/c1-9-17(16(6,7)8)11-12(2)10-13(14(17)18)15(3,4)5/h10-11H,9H2,1-8H3. The molecule has 0 aromatic rings. The molecule has 0 N–H and O–H groups in total. The van der Waals surface area contributed by atoms with Crippen LogP contribution in [0.5, 0.6) is 0 Å². The average molecular weight is 248 g/mol. The number of carbonyl (C=O) groups is 1. The zero-order chi connectivity index (χ0) is 14.4. The van der Waals surface area contributed by atoms with Crippen LogP contribution >= 0.6 is 0 Å². The average Bonchev–Trinajstić information content (AvgIpc) is 2.17. The summed E-state index contributed by atoms with van der Waals surface area (Å²) >= 11 is 0. The van der Waals surface area contributed by atoms with E-state index in [0.717, 1.165) is 12.0 Å². The minimum atomic E-state index is -0.353. The molecule has 1 atom stereocenters. The lowest BCUT2D eigenvalue weighted by Gasteiger charge is -2.45. The van der Waals surface area contributed by atoms with Crippen molar-refractivity contribution in [2.45, 2.75) is 61.8 Å². The van der Waals surface area contributed by atoms with Gasteiger partial charge in [0, 0.05) is 5.57 Å². The van der Waals surface area contributed by atoms with Crippen molar-refractivity contribution in [2.24, 2.45) is 16.2 Å². The highest BCUT2D eigenvalue weighted by molar-refractivity contribution is 6.04. The van der Waals surface area contributed by atoms with Crippen LogP contribution in [0.25, 0.3) is 0 Å². The summed E-state index contributed by atoms with van der Waals surface area (Å²) in [5.41, 5.74) is 1.70. The van der Waals surface area contributed by atoms with Crippen molar-refractivity contribution in [1.82, 2.24) is 0 Å². The molecule has 1 nitrogen and oxygen atoms in total. The molecule has 0 aromatic heterocycles. The van der Waals surface area contributed by atoms with E-state index in [9.17, 15) is 4.79 Å². The van der Waals surface area contributed by atoms with Gasteiger partial charge in [-0.1, -0.05) is 66.2 Å². The molecule has 1 aliphatic carbocycles. The molecular weight excluding hydrogens is 220 g/mol. The minimum absolute atomic E-state index is 0.0507. The number of rotatable bonds is 1. The topological polar surface area (TPSA) is 17.1 Å². The summed E-state index contributed by atoms with van der Waals surface area (Å²) < 4.78 is 0. The maximum atomic E-state index is 13.0. The molecule has 1 rings (SSSR count). The monoisotopic (exact) mass is 248 g/mol. The highest BCUT2D eigenvalue weighted by atomic mass is 16.1. The van der Waals surface area contributed by atoms with Gasteiger partial charge in [-0.2, -0.15) is 0 Å². The summed E-state index contributed by atoms with van der Waals surface area (Å²) in [6, 6.07) is 0. The van der Waals surface area contributed by atoms with E-state index < -0.39 is 0 Å². The highest BCUT2D eigenvalue weighted by Crippen LogP contribution is 2.50. The lowest BCUT2D eigenvalue weighted by Crippen LogP contribution is -2.45. The fourth-order valence-electron chi connectivity index (χ4n) is 2.94. The van der Waals surface area contributed by atoms with Crippen LogP contribution in [0.2, 0.25) is 0 Å². The van der Waals surface area contributed by atoms with Gasteiger partial charge >= 0.3 is 0 Å². The van der Waals surface area contributed by atoms with Crippen molar-refractivity contribution in [1.29, 1.82) is 0 Å². The predicted molar refractivity (Wildman–Crippen MR) is 78.5 cm³/mol. The Morgan fingerprint density at radius 3 is 1.94 bits per heavy atom. The van der Waals surface area contributed by atoms with Crippen LogP contribution in [0.15, 0.2) is 23.3 Å². The number of ketones is 1. The molecule has 0 fully saturated rings. The molecule has 0 aromatic carbocycles. The zero-order valence-corrected chi connectivity index (χ0v) is 13.3. The second-order valence-corrected chi connectivity index (χ2v) is 7.60. The SMILES string of the molecule is CCC1(C(C)(C)C)C=C(C)C=C(C(C)(C)C)C1=O. The first kappa shape index (κ1) is 15.2. The van der Waals surface area contributed by atoms with Crippen LogP contribution in [0.1, 0.15) is 61.8 Å². The van der Waals surface area contributed by atoms with Gasteiger partial charge in [0.1, 0.15) is 0 Å². The Kier molecular flexibility index (Phi) is 3.69. The predicted octanol–water partition coefficient (Wildman–Crippen LogP) is 4.93. The van der Waals surface area contributed by atoms with Gasteiger partial charge in [-0.15, -0.1) is 0 Å². The largest absolute Gasteiger partial charge is 0.294 e. The Hall–Kier alpha value is -0.850. The molecule has 0 saturated heterocycles. The molecule has 1 unspecified atom stereocenters. The first-order valence-corrected chi connectivity index (χ1v) is 6.92. The summed E-state index contributed by atoms with van der Waals surface area (Å²) in [6.45, 7) is 17.1. The molecule has 1 aliphatic rings.